The second-order valence-corrected chi connectivity index (χ2v) is 6.24. The van der Waals surface area contributed by atoms with Gasteiger partial charge in [0.2, 0.25) is 5.91 Å². The molecule has 0 unspecified atom stereocenters. The largest absolute Gasteiger partial charge is 0.366 e. The highest BCUT2D eigenvalue weighted by atomic mass is 16.2. The van der Waals surface area contributed by atoms with E-state index >= 15 is 0 Å². The molecule has 3 N–H and O–H groups in total. The molecule has 0 atom stereocenters. The minimum absolute atomic E-state index is 0.0371. The van der Waals surface area contributed by atoms with Crippen molar-refractivity contribution >= 4 is 22.7 Å². The predicted molar refractivity (Wildman–Crippen MR) is 100.0 cm³/mol. The first kappa shape index (κ1) is 17.6. The summed E-state index contributed by atoms with van der Waals surface area (Å²) in [6.45, 7) is 0.905. The summed E-state index contributed by atoms with van der Waals surface area (Å²) in [5.41, 5.74) is 8.36. The Bertz CT molecular complexity index is 944. The monoisotopic (exact) mass is 351 g/mol. The molecule has 26 heavy (non-hydrogen) atoms. The molecule has 134 valence electrons. The van der Waals surface area contributed by atoms with Crippen LogP contribution in [0.1, 0.15) is 15.9 Å². The molecule has 1 aromatic heterocycles. The van der Waals surface area contributed by atoms with Gasteiger partial charge >= 0.3 is 0 Å². The molecule has 0 saturated carbocycles. The summed E-state index contributed by atoms with van der Waals surface area (Å²) in [5.74, 6) is -0.454. The summed E-state index contributed by atoms with van der Waals surface area (Å²) in [6.07, 6.45) is 1.87. The summed E-state index contributed by atoms with van der Waals surface area (Å²) in [7, 11) is 3.47. The van der Waals surface area contributed by atoms with Crippen LogP contribution in [0.25, 0.3) is 16.6 Å². The van der Waals surface area contributed by atoms with Crippen LogP contribution in [0.2, 0.25) is 0 Å². The fourth-order valence-electron chi connectivity index (χ4n) is 2.62. The van der Waals surface area contributed by atoms with E-state index in [1.54, 1.807) is 35.8 Å². The van der Waals surface area contributed by atoms with E-state index in [4.69, 9.17) is 5.73 Å². The van der Waals surface area contributed by atoms with E-state index in [1.807, 2.05) is 36.5 Å². The number of likely N-dealkylation sites (N-methyl/N-ethyl adjacent to an activating group) is 1. The van der Waals surface area contributed by atoms with Crippen LogP contribution in [0, 0.1) is 0 Å². The van der Waals surface area contributed by atoms with E-state index < -0.39 is 5.91 Å². The third-order valence-electron chi connectivity index (χ3n) is 4.11. The van der Waals surface area contributed by atoms with Crippen molar-refractivity contribution in [2.75, 3.05) is 20.6 Å². The maximum atomic E-state index is 11.6. The number of carbonyl (C=O) groups excluding carboxylic acids is 2. The summed E-state index contributed by atoms with van der Waals surface area (Å²) in [4.78, 5) is 24.6. The van der Waals surface area contributed by atoms with Crippen molar-refractivity contribution in [2.45, 2.75) is 6.54 Å². The molecule has 0 aliphatic heterocycles. The second-order valence-electron chi connectivity index (χ2n) is 6.24. The van der Waals surface area contributed by atoms with E-state index in [0.29, 0.717) is 24.2 Å². The SMILES string of the molecule is CN(C)C(=O)CNCc1ccc(-n2cc3cccc(C(N)=O)c3n2)cc1. The van der Waals surface area contributed by atoms with E-state index in [9.17, 15) is 9.59 Å². The van der Waals surface area contributed by atoms with Gasteiger partial charge in [0, 0.05) is 32.2 Å². The first-order valence-corrected chi connectivity index (χ1v) is 8.24. The third-order valence-corrected chi connectivity index (χ3v) is 4.11. The Labute approximate surface area is 151 Å². The van der Waals surface area contributed by atoms with Crippen molar-refractivity contribution in [1.29, 1.82) is 0 Å². The highest BCUT2D eigenvalue weighted by Crippen LogP contribution is 2.19. The molecule has 0 saturated heterocycles. The van der Waals surface area contributed by atoms with Crippen molar-refractivity contribution in [3.8, 4) is 5.69 Å². The van der Waals surface area contributed by atoms with Gasteiger partial charge < -0.3 is 16.0 Å². The Balaban J connectivity index is 1.74. The lowest BCUT2D eigenvalue weighted by molar-refractivity contribution is -0.127. The minimum Gasteiger partial charge on any atom is -0.366 e. The first-order chi connectivity index (χ1) is 12.5. The zero-order valence-corrected chi connectivity index (χ0v) is 14.8. The Morgan fingerprint density at radius 2 is 1.88 bits per heavy atom. The van der Waals surface area contributed by atoms with E-state index in [0.717, 1.165) is 16.6 Å². The maximum absolute atomic E-state index is 11.6. The average Bonchev–Trinajstić information content (AvgIpc) is 3.06. The van der Waals surface area contributed by atoms with E-state index in [-0.39, 0.29) is 5.91 Å². The molecule has 2 amide bonds. The molecule has 0 radical (unpaired) electrons. The lowest BCUT2D eigenvalue weighted by Gasteiger charge is -2.11. The van der Waals surface area contributed by atoms with Crippen LogP contribution >= 0.6 is 0 Å². The predicted octanol–water partition coefficient (Wildman–Crippen LogP) is 1.30. The smallest absolute Gasteiger partial charge is 0.250 e. The Morgan fingerprint density at radius 1 is 1.15 bits per heavy atom. The molecular weight excluding hydrogens is 330 g/mol. The third kappa shape index (κ3) is 3.73. The average molecular weight is 351 g/mol. The lowest BCUT2D eigenvalue weighted by atomic mass is 10.1. The van der Waals surface area contributed by atoms with Crippen molar-refractivity contribution < 1.29 is 9.59 Å². The molecule has 0 aliphatic carbocycles. The molecular formula is C19H21N5O2. The van der Waals surface area contributed by atoms with Crippen molar-refractivity contribution in [3.05, 3.63) is 59.8 Å². The number of rotatable bonds is 6. The fraction of sp³-hybridized carbons (Fsp3) is 0.211. The Hall–Kier alpha value is -3.19. The number of hydrogen-bond acceptors (Lipinski definition) is 4. The standard InChI is InChI=1S/C19H21N5O2/c1-23(2)17(25)11-21-10-13-6-8-15(9-7-13)24-12-14-4-3-5-16(19(20)26)18(14)22-24/h3-9,12,21H,10-11H2,1-2H3,(H2,20,26). The highest BCUT2D eigenvalue weighted by molar-refractivity contribution is 6.04. The van der Waals surface area contributed by atoms with E-state index in [1.165, 1.54) is 0 Å². The molecule has 2 aromatic carbocycles. The van der Waals surface area contributed by atoms with Crippen molar-refractivity contribution in [1.82, 2.24) is 20.0 Å². The van der Waals surface area contributed by atoms with Crippen LogP contribution in [0.3, 0.4) is 0 Å². The quantitative estimate of drug-likeness (QED) is 0.700. The number of hydrogen-bond donors (Lipinski definition) is 2. The van der Waals surface area contributed by atoms with Gasteiger partial charge in [-0.2, -0.15) is 5.10 Å². The number of nitrogens with zero attached hydrogens (tertiary/aromatic N) is 3. The lowest BCUT2D eigenvalue weighted by Crippen LogP contribution is -2.32. The maximum Gasteiger partial charge on any atom is 0.250 e. The number of benzene rings is 2. The van der Waals surface area contributed by atoms with Crippen LogP contribution in [-0.2, 0) is 11.3 Å². The zero-order chi connectivity index (χ0) is 18.7. The van der Waals surface area contributed by atoms with E-state index in [2.05, 4.69) is 10.4 Å². The molecule has 3 rings (SSSR count). The molecule has 7 nitrogen and oxygen atoms in total. The normalized spacial score (nSPS) is 10.8. The Kier molecular flexibility index (Phi) is 4.99. The summed E-state index contributed by atoms with van der Waals surface area (Å²) in [6, 6.07) is 13.2. The molecule has 0 spiro atoms. The molecule has 1 heterocycles. The molecule has 3 aromatic rings. The number of primary amides is 1. The van der Waals surface area contributed by atoms with Crippen LogP contribution in [-0.4, -0.2) is 47.1 Å². The molecule has 0 aliphatic rings. The van der Waals surface area contributed by atoms with Crippen molar-refractivity contribution in [3.63, 3.8) is 0 Å². The highest BCUT2D eigenvalue weighted by Gasteiger charge is 2.11. The number of amides is 2. The van der Waals surface area contributed by atoms with Crippen LogP contribution in [0.4, 0.5) is 0 Å². The van der Waals surface area contributed by atoms with Crippen LogP contribution < -0.4 is 11.1 Å². The van der Waals surface area contributed by atoms with Gasteiger partial charge in [0.15, 0.2) is 0 Å². The van der Waals surface area contributed by atoms with Gasteiger partial charge in [-0.1, -0.05) is 24.3 Å². The summed E-state index contributed by atoms with van der Waals surface area (Å²) in [5, 5.41) is 8.46. The van der Waals surface area contributed by atoms with Gasteiger partial charge in [-0.05, 0) is 23.8 Å². The number of fused-ring (bicyclic) bond motifs is 1. The van der Waals surface area contributed by atoms with Gasteiger partial charge in [0.25, 0.3) is 5.91 Å². The zero-order valence-electron chi connectivity index (χ0n) is 14.8. The minimum atomic E-state index is -0.491. The molecule has 0 fully saturated rings. The number of aromatic nitrogens is 2. The summed E-state index contributed by atoms with van der Waals surface area (Å²) < 4.78 is 1.73. The fourth-order valence-corrected chi connectivity index (χ4v) is 2.62. The van der Waals surface area contributed by atoms with Crippen LogP contribution in [0.5, 0.6) is 0 Å². The number of nitrogens with one attached hydrogen (secondary N) is 1. The topological polar surface area (TPSA) is 93.3 Å². The molecule has 0 bridgehead atoms. The van der Waals surface area contributed by atoms with Gasteiger partial charge in [0.05, 0.1) is 17.8 Å². The van der Waals surface area contributed by atoms with Gasteiger partial charge in [-0.3, -0.25) is 9.59 Å². The number of nitrogens with two attached hydrogens (primary N) is 1. The molecule has 7 heteroatoms. The summed E-state index contributed by atoms with van der Waals surface area (Å²) >= 11 is 0. The van der Waals surface area contributed by atoms with Crippen LogP contribution in [0.15, 0.2) is 48.7 Å². The van der Waals surface area contributed by atoms with Gasteiger partial charge in [-0.25, -0.2) is 4.68 Å². The van der Waals surface area contributed by atoms with Crippen molar-refractivity contribution in [2.24, 2.45) is 5.73 Å². The Morgan fingerprint density at radius 3 is 2.54 bits per heavy atom. The van der Waals surface area contributed by atoms with Gasteiger partial charge in [-0.15, -0.1) is 0 Å². The van der Waals surface area contributed by atoms with Gasteiger partial charge in [0.1, 0.15) is 5.52 Å². The second kappa shape index (κ2) is 7.37. The first-order valence-electron chi connectivity index (χ1n) is 8.24. The number of carbonyl (C=O) groups is 2.